The molecule has 0 N–H and O–H groups in total. The van der Waals surface area contributed by atoms with Gasteiger partial charge >= 0.3 is 0 Å². The second-order valence-electron chi connectivity index (χ2n) is 5.74. The van der Waals surface area contributed by atoms with E-state index in [0.717, 1.165) is 56.0 Å². The van der Waals surface area contributed by atoms with E-state index in [0.29, 0.717) is 12.8 Å². The molecule has 22 heavy (non-hydrogen) atoms. The molecule has 0 rings (SSSR count). The topological polar surface area (TPSA) is 34.1 Å². The summed E-state index contributed by atoms with van der Waals surface area (Å²) in [6.07, 6.45) is 9.93. The van der Waals surface area contributed by atoms with Crippen LogP contribution in [0.2, 0.25) is 0 Å². The van der Waals surface area contributed by atoms with Gasteiger partial charge in [-0.1, -0.05) is 36.0 Å². The summed E-state index contributed by atoms with van der Waals surface area (Å²) in [4.78, 5) is 20.6. The minimum Gasteiger partial charge on any atom is -0.303 e. The van der Waals surface area contributed by atoms with Gasteiger partial charge in [-0.05, 0) is 52.4 Å². The van der Waals surface area contributed by atoms with Crippen molar-refractivity contribution in [3.63, 3.8) is 0 Å². The number of hydrogen-bond acceptors (Lipinski definition) is 2. The fourth-order valence-electron chi connectivity index (χ4n) is 1.80. The molecule has 0 amide bonds. The van der Waals surface area contributed by atoms with Crippen molar-refractivity contribution < 1.29 is 9.59 Å². The lowest BCUT2D eigenvalue weighted by atomic mass is 10.1. The summed E-state index contributed by atoms with van der Waals surface area (Å²) in [5.41, 5.74) is 3.27. The second-order valence-corrected chi connectivity index (χ2v) is 5.74. The third-order valence-electron chi connectivity index (χ3n) is 2.94. The molecule has 0 spiro atoms. The van der Waals surface area contributed by atoms with E-state index in [2.05, 4.69) is 26.3 Å². The van der Waals surface area contributed by atoms with Crippen LogP contribution in [0.3, 0.4) is 0 Å². The molecule has 0 fully saturated rings. The van der Waals surface area contributed by atoms with Gasteiger partial charge in [0.2, 0.25) is 0 Å². The molecule has 0 bridgehead atoms. The maximum atomic E-state index is 10.6. The first-order chi connectivity index (χ1) is 10.3. The number of Topliss-reactive ketones (excluding diaryl/α,β-unsaturated/α-hetero) is 1. The number of unbranched alkanes of at least 4 members (excludes halogenated alkanes) is 1. The van der Waals surface area contributed by atoms with Crippen molar-refractivity contribution in [2.75, 3.05) is 0 Å². The molecule has 2 nitrogen and oxygen atoms in total. The van der Waals surface area contributed by atoms with Crippen LogP contribution in [0.25, 0.3) is 0 Å². The SMILES string of the molecule is C=C(C)CCCC(=C)CC=O.C=CCCCC(=C)CC(C)=O. The van der Waals surface area contributed by atoms with Crippen molar-refractivity contribution in [2.45, 2.75) is 65.2 Å². The predicted molar refractivity (Wildman–Crippen MR) is 97.0 cm³/mol. The van der Waals surface area contributed by atoms with E-state index >= 15 is 0 Å². The molecule has 0 aromatic heterocycles. The molecule has 0 heterocycles. The van der Waals surface area contributed by atoms with Gasteiger partial charge in [0.15, 0.2) is 0 Å². The Balaban J connectivity index is 0. The van der Waals surface area contributed by atoms with E-state index in [9.17, 15) is 9.59 Å². The Hall–Kier alpha value is -1.70. The van der Waals surface area contributed by atoms with Crippen LogP contribution in [-0.4, -0.2) is 12.1 Å². The molecule has 0 unspecified atom stereocenters. The number of allylic oxidation sites excluding steroid dienone is 4. The van der Waals surface area contributed by atoms with Crippen molar-refractivity contribution in [1.29, 1.82) is 0 Å². The maximum Gasteiger partial charge on any atom is 0.133 e. The molecule has 0 aromatic rings. The number of aldehydes is 1. The Morgan fingerprint density at radius 2 is 1.55 bits per heavy atom. The summed E-state index contributed by atoms with van der Waals surface area (Å²) in [6.45, 7) is 18.6. The number of hydrogen-bond donors (Lipinski definition) is 0. The van der Waals surface area contributed by atoms with E-state index < -0.39 is 0 Å². The first-order valence-electron chi connectivity index (χ1n) is 7.85. The van der Waals surface area contributed by atoms with Gasteiger partial charge in [-0.25, -0.2) is 0 Å². The fraction of sp³-hybridized carbons (Fsp3) is 0.500. The quantitative estimate of drug-likeness (QED) is 0.261. The Kier molecular flexibility index (Phi) is 16.1. The van der Waals surface area contributed by atoms with E-state index in [-0.39, 0.29) is 5.78 Å². The van der Waals surface area contributed by atoms with Crippen LogP contribution in [0.4, 0.5) is 0 Å². The predicted octanol–water partition coefficient (Wildman–Crippen LogP) is 5.76. The normalized spacial score (nSPS) is 9.18. The van der Waals surface area contributed by atoms with Crippen LogP contribution >= 0.6 is 0 Å². The number of carbonyl (C=O) groups excluding carboxylic acids is 2. The smallest absolute Gasteiger partial charge is 0.133 e. The zero-order valence-electron chi connectivity index (χ0n) is 14.5. The molecule has 0 saturated heterocycles. The lowest BCUT2D eigenvalue weighted by Crippen LogP contribution is -1.92. The standard InChI is InChI=1S/2C10H16O/c1-9(2)5-4-6-10(3)7-8-11;1-4-5-6-7-9(2)8-10(3)11/h8H,1,3-7H2,2H3;4H,1-2,5-8H2,3H3. The van der Waals surface area contributed by atoms with Crippen LogP contribution < -0.4 is 0 Å². The Morgan fingerprint density at radius 3 is 2.00 bits per heavy atom. The first kappa shape index (κ1) is 22.6. The van der Waals surface area contributed by atoms with Crippen LogP contribution in [0, 0.1) is 0 Å². The summed E-state index contributed by atoms with van der Waals surface area (Å²) >= 11 is 0. The van der Waals surface area contributed by atoms with Crippen molar-refractivity contribution in [3.05, 3.63) is 49.1 Å². The van der Waals surface area contributed by atoms with Gasteiger partial charge in [0, 0.05) is 12.8 Å². The van der Waals surface area contributed by atoms with Crippen LogP contribution in [0.1, 0.15) is 65.2 Å². The van der Waals surface area contributed by atoms with Gasteiger partial charge < -0.3 is 4.79 Å². The van der Waals surface area contributed by atoms with Gasteiger partial charge in [0.1, 0.15) is 12.1 Å². The lowest BCUT2D eigenvalue weighted by Gasteiger charge is -2.00. The monoisotopic (exact) mass is 304 g/mol. The highest BCUT2D eigenvalue weighted by Crippen LogP contribution is 2.11. The molecule has 0 atom stereocenters. The van der Waals surface area contributed by atoms with Gasteiger partial charge in [0.05, 0.1) is 0 Å². The second kappa shape index (κ2) is 15.7. The maximum absolute atomic E-state index is 10.6. The first-order valence-corrected chi connectivity index (χ1v) is 7.85. The van der Waals surface area contributed by atoms with Crippen molar-refractivity contribution in [3.8, 4) is 0 Å². The Morgan fingerprint density at radius 1 is 0.955 bits per heavy atom. The molecule has 0 aromatic carbocycles. The number of carbonyl (C=O) groups is 2. The zero-order chi connectivity index (χ0) is 17.4. The van der Waals surface area contributed by atoms with E-state index in [1.165, 1.54) is 5.57 Å². The minimum atomic E-state index is 0.202. The molecule has 124 valence electrons. The lowest BCUT2D eigenvalue weighted by molar-refractivity contribution is -0.116. The highest BCUT2D eigenvalue weighted by Gasteiger charge is 1.97. The largest absolute Gasteiger partial charge is 0.303 e. The number of ketones is 1. The fourth-order valence-corrected chi connectivity index (χ4v) is 1.80. The summed E-state index contributed by atoms with van der Waals surface area (Å²) in [6, 6.07) is 0. The Bertz CT molecular complexity index is 389. The third-order valence-corrected chi connectivity index (χ3v) is 2.94. The van der Waals surface area contributed by atoms with Crippen molar-refractivity contribution in [2.24, 2.45) is 0 Å². The third kappa shape index (κ3) is 20.6. The zero-order valence-corrected chi connectivity index (χ0v) is 14.5. The molecule has 0 aliphatic rings. The highest BCUT2D eigenvalue weighted by atomic mass is 16.1. The van der Waals surface area contributed by atoms with Gasteiger partial charge in [-0.2, -0.15) is 0 Å². The van der Waals surface area contributed by atoms with E-state index in [1.807, 2.05) is 13.0 Å². The summed E-state index contributed by atoms with van der Waals surface area (Å²) in [5, 5.41) is 0. The highest BCUT2D eigenvalue weighted by molar-refractivity contribution is 5.77. The van der Waals surface area contributed by atoms with Gasteiger partial charge in [-0.3, -0.25) is 4.79 Å². The van der Waals surface area contributed by atoms with Gasteiger partial charge in [0.25, 0.3) is 0 Å². The molecule has 0 saturated carbocycles. The van der Waals surface area contributed by atoms with Gasteiger partial charge in [-0.15, -0.1) is 13.2 Å². The average molecular weight is 304 g/mol. The summed E-state index contributed by atoms with van der Waals surface area (Å²) < 4.78 is 0. The Labute approximate surface area is 136 Å². The molecule has 0 radical (unpaired) electrons. The van der Waals surface area contributed by atoms with Crippen LogP contribution in [0.5, 0.6) is 0 Å². The van der Waals surface area contributed by atoms with Crippen molar-refractivity contribution >= 4 is 12.1 Å². The van der Waals surface area contributed by atoms with Crippen LogP contribution in [-0.2, 0) is 9.59 Å². The number of rotatable bonds is 12. The van der Waals surface area contributed by atoms with E-state index in [4.69, 9.17) is 0 Å². The molecular formula is C20H32O2. The molecule has 2 heteroatoms. The average Bonchev–Trinajstić information content (AvgIpc) is 2.38. The summed E-state index contributed by atoms with van der Waals surface area (Å²) in [5.74, 6) is 0.202. The molecular weight excluding hydrogens is 272 g/mol. The molecule has 0 aliphatic carbocycles. The van der Waals surface area contributed by atoms with Crippen LogP contribution in [0.15, 0.2) is 49.1 Å². The van der Waals surface area contributed by atoms with Crippen molar-refractivity contribution in [1.82, 2.24) is 0 Å². The summed E-state index contributed by atoms with van der Waals surface area (Å²) in [7, 11) is 0. The molecule has 0 aliphatic heterocycles. The minimum absolute atomic E-state index is 0.202. The van der Waals surface area contributed by atoms with E-state index in [1.54, 1.807) is 6.92 Å².